The summed E-state index contributed by atoms with van der Waals surface area (Å²) in [5.41, 5.74) is 3.45. The van der Waals surface area contributed by atoms with Gasteiger partial charge in [0.15, 0.2) is 11.5 Å². The molecule has 134 valence electrons. The highest BCUT2D eigenvalue weighted by atomic mass is 16.2. The number of aromatic nitrogens is 4. The van der Waals surface area contributed by atoms with E-state index in [2.05, 4.69) is 31.8 Å². The normalized spacial score (nSPS) is 15.3. The molecule has 1 fully saturated rings. The molecule has 1 saturated heterocycles. The molecule has 1 N–H and O–H groups in total. The summed E-state index contributed by atoms with van der Waals surface area (Å²) in [6.45, 7) is 5.11. The van der Waals surface area contributed by atoms with Crippen LogP contribution in [0.15, 0.2) is 36.9 Å². The number of nitrogens with zero attached hydrogens (tertiary/aromatic N) is 5. The zero-order valence-electron chi connectivity index (χ0n) is 14.9. The number of carbonyl (C=O) groups is 1. The van der Waals surface area contributed by atoms with Crippen LogP contribution in [0.3, 0.4) is 0 Å². The standard InChI is InChI=1S/C19H22N6O/c1-2-14-6-3-4-7-15(14)19(26)25-9-5-8-24(10-11-25)18-16-17(21-12-20-16)22-13-23-18/h3-4,6-7,12-13H,2,5,8-11H2,1H3,(H,20,21,22,23). The number of aryl methyl sites for hydroxylation is 1. The molecule has 0 atom stereocenters. The molecule has 3 aromatic rings. The molecular formula is C19H22N6O. The van der Waals surface area contributed by atoms with Crippen LogP contribution in [0.5, 0.6) is 0 Å². The lowest BCUT2D eigenvalue weighted by molar-refractivity contribution is 0.0766. The Labute approximate surface area is 152 Å². The lowest BCUT2D eigenvalue weighted by atomic mass is 10.0. The van der Waals surface area contributed by atoms with Crippen LogP contribution in [-0.4, -0.2) is 56.9 Å². The van der Waals surface area contributed by atoms with Crippen molar-refractivity contribution in [3.8, 4) is 0 Å². The molecule has 0 saturated carbocycles. The number of H-pyrrole nitrogens is 1. The summed E-state index contributed by atoms with van der Waals surface area (Å²) in [7, 11) is 0. The third-order valence-corrected chi connectivity index (χ3v) is 4.91. The SMILES string of the molecule is CCc1ccccc1C(=O)N1CCCN(c2ncnc3nc[nH]c23)CC1. The van der Waals surface area contributed by atoms with Gasteiger partial charge in [0.2, 0.25) is 0 Å². The molecule has 7 nitrogen and oxygen atoms in total. The van der Waals surface area contributed by atoms with Gasteiger partial charge in [0, 0.05) is 31.7 Å². The van der Waals surface area contributed by atoms with Crippen LogP contribution in [0.25, 0.3) is 11.2 Å². The van der Waals surface area contributed by atoms with E-state index >= 15 is 0 Å². The molecule has 4 rings (SSSR count). The highest BCUT2D eigenvalue weighted by Gasteiger charge is 2.23. The maximum absolute atomic E-state index is 13.0. The van der Waals surface area contributed by atoms with E-state index in [1.807, 2.05) is 29.2 Å². The van der Waals surface area contributed by atoms with Crippen LogP contribution >= 0.6 is 0 Å². The van der Waals surface area contributed by atoms with Crippen LogP contribution in [0.1, 0.15) is 29.3 Å². The topological polar surface area (TPSA) is 78.0 Å². The fraction of sp³-hybridized carbons (Fsp3) is 0.368. The molecule has 26 heavy (non-hydrogen) atoms. The second-order valence-electron chi connectivity index (χ2n) is 6.44. The molecule has 0 bridgehead atoms. The van der Waals surface area contributed by atoms with Crippen LogP contribution in [0, 0.1) is 0 Å². The van der Waals surface area contributed by atoms with Crippen LogP contribution in [-0.2, 0) is 6.42 Å². The predicted octanol–water partition coefficient (Wildman–Crippen LogP) is 2.27. The van der Waals surface area contributed by atoms with Crippen molar-refractivity contribution in [3.05, 3.63) is 48.0 Å². The Kier molecular flexibility index (Phi) is 4.51. The lowest BCUT2D eigenvalue weighted by Gasteiger charge is -2.23. The van der Waals surface area contributed by atoms with Gasteiger partial charge in [0.1, 0.15) is 11.8 Å². The summed E-state index contributed by atoms with van der Waals surface area (Å²) in [6.07, 6.45) is 4.95. The fourth-order valence-electron chi connectivity index (χ4n) is 3.53. The van der Waals surface area contributed by atoms with E-state index < -0.39 is 0 Å². The van der Waals surface area contributed by atoms with Gasteiger partial charge in [-0.15, -0.1) is 0 Å². The number of hydrogen-bond donors (Lipinski definition) is 1. The lowest BCUT2D eigenvalue weighted by Crippen LogP contribution is -2.35. The Hall–Kier alpha value is -2.96. The summed E-state index contributed by atoms with van der Waals surface area (Å²) in [5, 5.41) is 0. The van der Waals surface area contributed by atoms with E-state index in [4.69, 9.17) is 0 Å². The Bertz CT molecular complexity index is 921. The first-order valence-electron chi connectivity index (χ1n) is 9.04. The van der Waals surface area contributed by atoms with Crippen LogP contribution in [0.4, 0.5) is 5.82 Å². The van der Waals surface area contributed by atoms with Crippen molar-refractivity contribution in [2.24, 2.45) is 0 Å². The largest absolute Gasteiger partial charge is 0.353 e. The van der Waals surface area contributed by atoms with E-state index in [1.54, 1.807) is 12.7 Å². The van der Waals surface area contributed by atoms with Crippen LogP contribution in [0.2, 0.25) is 0 Å². The van der Waals surface area contributed by atoms with Crippen LogP contribution < -0.4 is 4.90 Å². The summed E-state index contributed by atoms with van der Waals surface area (Å²) < 4.78 is 0. The Morgan fingerprint density at radius 2 is 2.00 bits per heavy atom. The minimum atomic E-state index is 0.124. The summed E-state index contributed by atoms with van der Waals surface area (Å²) in [4.78, 5) is 33.1. The number of aromatic amines is 1. The molecule has 1 aliphatic rings. The smallest absolute Gasteiger partial charge is 0.254 e. The number of carbonyl (C=O) groups excluding carboxylic acids is 1. The number of hydrogen-bond acceptors (Lipinski definition) is 5. The maximum Gasteiger partial charge on any atom is 0.254 e. The summed E-state index contributed by atoms with van der Waals surface area (Å²) in [6, 6.07) is 7.90. The van der Waals surface area contributed by atoms with Gasteiger partial charge >= 0.3 is 0 Å². The number of benzene rings is 1. The van der Waals surface area contributed by atoms with Crippen molar-refractivity contribution in [2.45, 2.75) is 19.8 Å². The first-order valence-corrected chi connectivity index (χ1v) is 9.04. The molecule has 1 aromatic carbocycles. The van der Waals surface area contributed by atoms with Crippen molar-refractivity contribution < 1.29 is 4.79 Å². The van der Waals surface area contributed by atoms with Crippen molar-refractivity contribution in [1.29, 1.82) is 0 Å². The van der Waals surface area contributed by atoms with E-state index in [0.717, 1.165) is 54.9 Å². The minimum Gasteiger partial charge on any atom is -0.353 e. The van der Waals surface area contributed by atoms with Crippen molar-refractivity contribution in [2.75, 3.05) is 31.1 Å². The minimum absolute atomic E-state index is 0.124. The number of nitrogens with one attached hydrogen (secondary N) is 1. The maximum atomic E-state index is 13.0. The zero-order valence-corrected chi connectivity index (χ0v) is 14.9. The quantitative estimate of drug-likeness (QED) is 0.784. The van der Waals surface area contributed by atoms with Gasteiger partial charge in [0.25, 0.3) is 5.91 Å². The third-order valence-electron chi connectivity index (χ3n) is 4.91. The van der Waals surface area contributed by atoms with Gasteiger partial charge in [-0.05, 0) is 24.5 Å². The highest BCUT2D eigenvalue weighted by molar-refractivity contribution is 5.95. The zero-order chi connectivity index (χ0) is 17.9. The fourth-order valence-corrected chi connectivity index (χ4v) is 3.53. The molecule has 1 aliphatic heterocycles. The molecule has 3 heterocycles. The van der Waals surface area contributed by atoms with Gasteiger partial charge in [-0.1, -0.05) is 25.1 Å². The molecule has 2 aromatic heterocycles. The molecular weight excluding hydrogens is 328 g/mol. The molecule has 1 amide bonds. The summed E-state index contributed by atoms with van der Waals surface area (Å²) >= 11 is 0. The Morgan fingerprint density at radius 3 is 2.88 bits per heavy atom. The first kappa shape index (κ1) is 16.5. The van der Waals surface area contributed by atoms with Gasteiger partial charge < -0.3 is 14.8 Å². The number of anilines is 1. The van der Waals surface area contributed by atoms with Crippen molar-refractivity contribution in [1.82, 2.24) is 24.8 Å². The van der Waals surface area contributed by atoms with Crippen molar-refractivity contribution >= 4 is 22.9 Å². The monoisotopic (exact) mass is 350 g/mol. The van der Waals surface area contributed by atoms with Gasteiger partial charge in [-0.3, -0.25) is 4.79 Å². The van der Waals surface area contributed by atoms with Gasteiger partial charge in [0.05, 0.1) is 6.33 Å². The van der Waals surface area contributed by atoms with Gasteiger partial charge in [-0.2, -0.15) is 0 Å². The van der Waals surface area contributed by atoms with E-state index in [1.165, 1.54) is 0 Å². The molecule has 0 spiro atoms. The average molecular weight is 350 g/mol. The molecule has 0 unspecified atom stereocenters. The predicted molar refractivity (Wildman–Crippen MR) is 100 cm³/mol. The number of imidazole rings is 1. The highest BCUT2D eigenvalue weighted by Crippen LogP contribution is 2.22. The second-order valence-corrected chi connectivity index (χ2v) is 6.44. The average Bonchev–Trinajstić information content (AvgIpc) is 3.04. The molecule has 7 heteroatoms. The van der Waals surface area contributed by atoms with E-state index in [0.29, 0.717) is 12.2 Å². The number of fused-ring (bicyclic) bond motifs is 1. The summed E-state index contributed by atoms with van der Waals surface area (Å²) in [5.74, 6) is 0.981. The molecule has 0 radical (unpaired) electrons. The number of rotatable bonds is 3. The Morgan fingerprint density at radius 1 is 1.12 bits per heavy atom. The number of amides is 1. The Balaban J connectivity index is 1.53. The van der Waals surface area contributed by atoms with E-state index in [9.17, 15) is 4.79 Å². The van der Waals surface area contributed by atoms with E-state index in [-0.39, 0.29) is 5.91 Å². The molecule has 0 aliphatic carbocycles. The second kappa shape index (κ2) is 7.11. The van der Waals surface area contributed by atoms with Crippen molar-refractivity contribution in [3.63, 3.8) is 0 Å². The third kappa shape index (κ3) is 3.00. The van der Waals surface area contributed by atoms with Gasteiger partial charge in [-0.25, -0.2) is 15.0 Å². The first-order chi connectivity index (χ1) is 12.8.